The first kappa shape index (κ1) is 8.09. The van der Waals surface area contributed by atoms with E-state index >= 15 is 0 Å². The van der Waals surface area contributed by atoms with E-state index in [2.05, 4.69) is 4.98 Å². The van der Waals surface area contributed by atoms with Gasteiger partial charge in [-0.25, -0.2) is 0 Å². The van der Waals surface area contributed by atoms with Crippen LogP contribution in [0.15, 0.2) is 18.6 Å². The minimum Gasteiger partial charge on any atom is -0.693 e. The monoisotopic (exact) mass is 174 g/mol. The fourth-order valence-corrected chi connectivity index (χ4v) is 1.28. The smallest absolute Gasteiger partial charge is 0.330 e. The molecule has 0 bridgehead atoms. The Hall–Kier alpha value is -1.01. The second-order valence-electron chi connectivity index (χ2n) is 1.97. The molecule has 1 aromatic rings. The quantitative estimate of drug-likeness (QED) is 0.403. The molecule has 0 spiro atoms. The molecule has 0 fully saturated rings. The van der Waals surface area contributed by atoms with E-state index in [1.54, 1.807) is 0 Å². The third-order valence-corrected chi connectivity index (χ3v) is 2.03. The van der Waals surface area contributed by atoms with Gasteiger partial charge in [0.25, 0.3) is 0 Å². The van der Waals surface area contributed by atoms with E-state index in [-0.39, 0.29) is 0 Å². The van der Waals surface area contributed by atoms with Gasteiger partial charge in [0, 0.05) is 6.92 Å². The summed E-state index contributed by atoms with van der Waals surface area (Å²) in [4.78, 5) is 3.63. The minimum absolute atomic E-state index is 0.294. The van der Waals surface area contributed by atoms with Crippen LogP contribution >= 0.6 is 0 Å². The van der Waals surface area contributed by atoms with Crippen LogP contribution in [0, 0.1) is 6.92 Å². The molecule has 0 radical (unpaired) electrons. The average Bonchev–Trinajstić information content (AvgIpc) is 1.86. The molecule has 0 N–H and O–H groups in total. The van der Waals surface area contributed by atoms with Gasteiger partial charge in [-0.3, -0.25) is 4.98 Å². The summed E-state index contributed by atoms with van der Waals surface area (Å²) < 4.78 is 31.9. The van der Waals surface area contributed by atoms with Gasteiger partial charge in [0.1, 0.15) is 0 Å². The van der Waals surface area contributed by atoms with Crippen LogP contribution in [-0.2, 0) is 10.3 Å². The molecule has 0 saturated heterocycles. The molecule has 11 heavy (non-hydrogen) atoms. The molecule has 0 amide bonds. The minimum atomic E-state index is -4.41. The van der Waals surface area contributed by atoms with Gasteiger partial charge in [0.15, 0.2) is 0 Å². The van der Waals surface area contributed by atoms with E-state index in [1.807, 2.05) is 0 Å². The zero-order valence-corrected chi connectivity index (χ0v) is 6.58. The first-order chi connectivity index (χ1) is 5.02. The Balaban J connectivity index is 3.37. The Bertz CT molecular complexity index is 360. The van der Waals surface area contributed by atoms with E-state index in [0.29, 0.717) is 9.67 Å². The molecular formula is C5H6N2O3S. The van der Waals surface area contributed by atoms with Crippen molar-refractivity contribution in [3.05, 3.63) is 24.3 Å². The molecule has 5 nitrogen and oxygen atoms in total. The maximum absolute atomic E-state index is 10.4. The van der Waals surface area contributed by atoms with Gasteiger partial charge in [-0.15, -0.1) is 0 Å². The predicted octanol–water partition coefficient (Wildman–Crippen LogP) is -1.01. The summed E-state index contributed by atoms with van der Waals surface area (Å²) in [6, 6.07) is 0. The normalized spacial score (nSPS) is 11.5. The van der Waals surface area contributed by atoms with Crippen molar-refractivity contribution in [2.24, 2.45) is 0 Å². The number of aromatic nitrogens is 2. The highest BCUT2D eigenvalue weighted by Crippen LogP contribution is 1.85. The summed E-state index contributed by atoms with van der Waals surface area (Å²) in [5, 5.41) is 0. The maximum atomic E-state index is 10.4. The Labute approximate surface area is 64.2 Å². The van der Waals surface area contributed by atoms with Crippen molar-refractivity contribution in [1.29, 1.82) is 0 Å². The molecule has 0 aliphatic heterocycles. The average molecular weight is 174 g/mol. The van der Waals surface area contributed by atoms with Gasteiger partial charge in [-0.1, -0.05) is 3.97 Å². The summed E-state index contributed by atoms with van der Waals surface area (Å²) in [5.41, 5.74) is 0.294. The second-order valence-corrected chi connectivity index (χ2v) is 3.22. The lowest BCUT2D eigenvalue weighted by Gasteiger charge is -2.00. The highest BCUT2D eigenvalue weighted by Gasteiger charge is 2.11. The second kappa shape index (κ2) is 2.55. The molecule has 0 unspecified atom stereocenters. The molecule has 6 heteroatoms. The number of aryl methyl sites for hydroxylation is 1. The standard InChI is InChI=1S/C5H6N2O3S/c1-5-4-6-2-3-7(5)11(8,9)10/h2-4H,1H3. The molecule has 1 heterocycles. The van der Waals surface area contributed by atoms with Crippen molar-refractivity contribution < 1.29 is 16.9 Å². The van der Waals surface area contributed by atoms with E-state index < -0.39 is 10.3 Å². The topological polar surface area (TPSA) is 74.0 Å². The Morgan fingerprint density at radius 1 is 1.64 bits per heavy atom. The lowest BCUT2D eigenvalue weighted by atomic mass is 10.5. The van der Waals surface area contributed by atoms with Crippen LogP contribution in [-0.4, -0.2) is 18.0 Å². The van der Waals surface area contributed by atoms with Gasteiger partial charge >= 0.3 is 10.3 Å². The number of hydrogen-bond donors (Lipinski definition) is 0. The molecule has 0 saturated carbocycles. The lowest BCUT2D eigenvalue weighted by molar-refractivity contribution is -0.528. The number of hydrogen-bond acceptors (Lipinski definition) is 4. The van der Waals surface area contributed by atoms with Crippen molar-refractivity contribution in [1.82, 2.24) is 4.98 Å². The van der Waals surface area contributed by atoms with Crippen LogP contribution in [0.4, 0.5) is 0 Å². The largest absolute Gasteiger partial charge is 0.693 e. The van der Waals surface area contributed by atoms with Gasteiger partial charge in [-0.2, -0.15) is 8.42 Å². The fraction of sp³-hybridized carbons (Fsp3) is 0.200. The Kier molecular flexibility index (Phi) is 1.88. The van der Waals surface area contributed by atoms with Crippen LogP contribution < -0.4 is 3.97 Å². The summed E-state index contributed by atoms with van der Waals surface area (Å²) >= 11 is 0. The van der Waals surface area contributed by atoms with Crippen molar-refractivity contribution >= 4 is 10.3 Å². The third-order valence-electron chi connectivity index (χ3n) is 1.14. The van der Waals surface area contributed by atoms with Crippen LogP contribution in [0.2, 0.25) is 0 Å². The molecule has 60 valence electrons. The van der Waals surface area contributed by atoms with Crippen LogP contribution in [0.25, 0.3) is 0 Å². The molecule has 0 aromatic carbocycles. The molecule has 1 rings (SSSR count). The van der Waals surface area contributed by atoms with Crippen molar-refractivity contribution in [3.63, 3.8) is 0 Å². The highest BCUT2D eigenvalue weighted by atomic mass is 32.2. The molecule has 1 aromatic heterocycles. The highest BCUT2D eigenvalue weighted by molar-refractivity contribution is 7.78. The third kappa shape index (κ3) is 1.72. The Morgan fingerprint density at radius 3 is 2.64 bits per heavy atom. The summed E-state index contributed by atoms with van der Waals surface area (Å²) in [6.07, 6.45) is 3.65. The first-order valence-corrected chi connectivity index (χ1v) is 4.17. The van der Waals surface area contributed by atoms with Crippen LogP contribution in [0.1, 0.15) is 5.69 Å². The van der Waals surface area contributed by atoms with Gasteiger partial charge < -0.3 is 4.55 Å². The molecule has 0 aliphatic rings. The number of nitrogens with zero attached hydrogens (tertiary/aromatic N) is 2. The van der Waals surface area contributed by atoms with E-state index in [0.717, 1.165) is 6.20 Å². The van der Waals surface area contributed by atoms with Gasteiger partial charge in [0.05, 0.1) is 12.4 Å². The number of rotatable bonds is 1. The zero-order chi connectivity index (χ0) is 8.48. The summed E-state index contributed by atoms with van der Waals surface area (Å²) in [7, 11) is -4.41. The van der Waals surface area contributed by atoms with Crippen molar-refractivity contribution in [2.45, 2.75) is 6.92 Å². The lowest BCUT2D eigenvalue weighted by Crippen LogP contribution is -2.44. The summed E-state index contributed by atoms with van der Waals surface area (Å²) in [6.45, 7) is 1.49. The first-order valence-electron chi connectivity index (χ1n) is 2.80. The predicted molar refractivity (Wildman–Crippen MR) is 34.3 cm³/mol. The van der Waals surface area contributed by atoms with E-state index in [1.165, 1.54) is 19.3 Å². The molecular weight excluding hydrogens is 168 g/mol. The Morgan fingerprint density at radius 2 is 2.27 bits per heavy atom. The van der Waals surface area contributed by atoms with E-state index in [4.69, 9.17) is 0 Å². The van der Waals surface area contributed by atoms with Gasteiger partial charge in [-0.05, 0) is 0 Å². The van der Waals surface area contributed by atoms with Crippen molar-refractivity contribution in [3.8, 4) is 0 Å². The van der Waals surface area contributed by atoms with Crippen LogP contribution in [0.5, 0.6) is 0 Å². The SMILES string of the molecule is Cc1cncc[n+]1S(=O)(=O)[O-]. The maximum Gasteiger partial charge on any atom is 0.330 e. The summed E-state index contributed by atoms with van der Waals surface area (Å²) in [5.74, 6) is 0. The van der Waals surface area contributed by atoms with Crippen LogP contribution in [0.3, 0.4) is 0 Å². The van der Waals surface area contributed by atoms with E-state index in [9.17, 15) is 13.0 Å². The molecule has 0 atom stereocenters. The molecule has 0 aliphatic carbocycles. The fourth-order valence-electron chi connectivity index (χ4n) is 0.675. The zero-order valence-electron chi connectivity index (χ0n) is 5.76. The van der Waals surface area contributed by atoms with Crippen molar-refractivity contribution in [2.75, 3.05) is 0 Å². The van der Waals surface area contributed by atoms with Gasteiger partial charge in [0.2, 0.25) is 11.9 Å².